The molecule has 0 radical (unpaired) electrons. The number of ether oxygens (including phenoxy) is 1. The van der Waals surface area contributed by atoms with Crippen molar-refractivity contribution in [2.24, 2.45) is 0 Å². The maximum Gasteiger partial charge on any atom is 0.349 e. The maximum atomic E-state index is 12.8. The highest BCUT2D eigenvalue weighted by atomic mass is 16.5. The molecule has 0 unspecified atom stereocenters. The van der Waals surface area contributed by atoms with Gasteiger partial charge in [-0.15, -0.1) is 0 Å². The summed E-state index contributed by atoms with van der Waals surface area (Å²) in [5, 5.41) is 10.0. The highest BCUT2D eigenvalue weighted by Crippen LogP contribution is 2.23. The Bertz CT molecular complexity index is 1210. The quantitative estimate of drug-likeness (QED) is 0.276. The molecule has 0 bridgehead atoms. The highest BCUT2D eigenvalue weighted by molar-refractivity contribution is 6.04. The van der Waals surface area contributed by atoms with E-state index in [4.69, 9.17) is 9.15 Å². The number of fused-ring (bicyclic) bond motifs is 1. The number of carbonyl (C=O) groups excluding carboxylic acids is 1. The summed E-state index contributed by atoms with van der Waals surface area (Å²) in [6, 6.07) is 16.3. The smallest absolute Gasteiger partial charge is 0.349 e. The highest BCUT2D eigenvalue weighted by Gasteiger charge is 2.16. The Morgan fingerprint density at radius 1 is 1.21 bits per heavy atom. The van der Waals surface area contributed by atoms with E-state index in [-0.39, 0.29) is 17.6 Å². The van der Waals surface area contributed by atoms with Gasteiger partial charge in [0.2, 0.25) is 0 Å². The van der Waals surface area contributed by atoms with Crippen molar-refractivity contribution < 1.29 is 13.9 Å². The average Bonchev–Trinajstić information content (AvgIpc) is 2.73. The van der Waals surface area contributed by atoms with E-state index in [1.807, 2.05) is 25.1 Å². The molecule has 5 nitrogen and oxygen atoms in total. The van der Waals surface area contributed by atoms with E-state index in [0.717, 1.165) is 5.56 Å². The van der Waals surface area contributed by atoms with Gasteiger partial charge in [0.25, 0.3) is 0 Å². The molecular formula is C24H19NO4. The van der Waals surface area contributed by atoms with Gasteiger partial charge in [-0.25, -0.2) is 4.79 Å². The molecule has 0 spiro atoms. The number of esters is 1. The number of carbonyl (C=O) groups is 1. The van der Waals surface area contributed by atoms with Gasteiger partial charge in [-0.05, 0) is 37.6 Å². The van der Waals surface area contributed by atoms with E-state index in [1.165, 1.54) is 6.26 Å². The summed E-state index contributed by atoms with van der Waals surface area (Å²) in [6.45, 7) is 3.73. The number of allylic oxidation sites excluding steroid dienone is 2. The molecule has 0 fully saturated rings. The number of aryl methyl sites for hydroxylation is 1. The van der Waals surface area contributed by atoms with Crippen LogP contribution in [-0.4, -0.2) is 12.6 Å². The van der Waals surface area contributed by atoms with Crippen molar-refractivity contribution in [1.82, 2.24) is 0 Å². The van der Waals surface area contributed by atoms with Crippen molar-refractivity contribution in [2.75, 3.05) is 6.61 Å². The molecule has 1 aromatic heterocycles. The number of nitrogens with zero attached hydrogens (tertiary/aromatic N) is 1. The van der Waals surface area contributed by atoms with Crippen LogP contribution in [0.3, 0.4) is 0 Å². The minimum Gasteiger partial charge on any atom is -0.463 e. The Balaban J connectivity index is 2.14. The van der Waals surface area contributed by atoms with E-state index in [2.05, 4.69) is 0 Å². The molecular weight excluding hydrogens is 366 g/mol. The molecule has 0 atom stereocenters. The van der Waals surface area contributed by atoms with E-state index in [1.54, 1.807) is 55.5 Å². The van der Waals surface area contributed by atoms with Gasteiger partial charge in [0, 0.05) is 5.57 Å². The lowest BCUT2D eigenvalue weighted by Gasteiger charge is -2.07. The summed E-state index contributed by atoms with van der Waals surface area (Å²) in [4.78, 5) is 25.1. The van der Waals surface area contributed by atoms with Crippen molar-refractivity contribution in [3.63, 3.8) is 0 Å². The van der Waals surface area contributed by atoms with Crippen LogP contribution in [0.2, 0.25) is 0 Å². The topological polar surface area (TPSA) is 80.3 Å². The van der Waals surface area contributed by atoms with Gasteiger partial charge < -0.3 is 9.15 Å². The third kappa shape index (κ3) is 4.33. The monoisotopic (exact) mass is 385 g/mol. The Morgan fingerprint density at radius 3 is 2.66 bits per heavy atom. The summed E-state index contributed by atoms with van der Waals surface area (Å²) < 4.78 is 10.6. The van der Waals surface area contributed by atoms with Crippen LogP contribution >= 0.6 is 0 Å². The van der Waals surface area contributed by atoms with Crippen LogP contribution < -0.4 is 5.43 Å². The zero-order valence-electron chi connectivity index (χ0n) is 16.1. The molecule has 0 aliphatic heterocycles. The van der Waals surface area contributed by atoms with Crippen LogP contribution in [0.4, 0.5) is 0 Å². The largest absolute Gasteiger partial charge is 0.463 e. The van der Waals surface area contributed by atoms with E-state index in [0.29, 0.717) is 27.7 Å². The third-order valence-electron chi connectivity index (χ3n) is 4.33. The minimum atomic E-state index is -0.709. The molecule has 0 saturated carbocycles. The first kappa shape index (κ1) is 19.8. The van der Waals surface area contributed by atoms with Gasteiger partial charge in [0.15, 0.2) is 5.43 Å². The predicted octanol–water partition coefficient (Wildman–Crippen LogP) is 4.66. The summed E-state index contributed by atoms with van der Waals surface area (Å²) in [7, 11) is 0. The summed E-state index contributed by atoms with van der Waals surface area (Å²) in [5.74, 6) is -0.709. The Kier molecular flexibility index (Phi) is 6.06. The average molecular weight is 385 g/mol. The molecule has 0 aliphatic carbocycles. The second kappa shape index (κ2) is 8.85. The summed E-state index contributed by atoms with van der Waals surface area (Å²) >= 11 is 0. The standard InChI is InChI=1S/C24H19NO4/c1-3-28-24(27)21(14-25)19(17-7-5-4-6-8-17)11-10-18-15-29-22-12-9-16(2)13-20(22)23(18)26/h4-13,15H,3H2,1-2H3/b11-10+,21-19-. The zero-order valence-corrected chi connectivity index (χ0v) is 16.1. The van der Waals surface area contributed by atoms with Crippen LogP contribution in [-0.2, 0) is 9.53 Å². The first-order valence-corrected chi connectivity index (χ1v) is 9.12. The zero-order chi connectivity index (χ0) is 20.8. The lowest BCUT2D eigenvalue weighted by molar-refractivity contribution is -0.137. The molecule has 29 heavy (non-hydrogen) atoms. The van der Waals surface area contributed by atoms with Crippen molar-refractivity contribution in [3.8, 4) is 6.07 Å². The van der Waals surface area contributed by atoms with Gasteiger partial charge in [-0.2, -0.15) is 5.26 Å². The van der Waals surface area contributed by atoms with Gasteiger partial charge in [-0.3, -0.25) is 4.79 Å². The van der Waals surface area contributed by atoms with Crippen LogP contribution in [0.1, 0.15) is 23.6 Å². The Morgan fingerprint density at radius 2 is 1.97 bits per heavy atom. The van der Waals surface area contributed by atoms with Crippen LogP contribution in [0.25, 0.3) is 22.6 Å². The van der Waals surface area contributed by atoms with Crippen LogP contribution in [0, 0.1) is 18.3 Å². The molecule has 2 aromatic carbocycles. The van der Waals surface area contributed by atoms with E-state index >= 15 is 0 Å². The number of benzene rings is 2. The minimum absolute atomic E-state index is 0.129. The molecule has 3 rings (SSSR count). The molecule has 0 aliphatic rings. The lowest BCUT2D eigenvalue weighted by atomic mass is 9.99. The summed E-state index contributed by atoms with van der Waals surface area (Å²) in [6.07, 6.45) is 4.49. The molecule has 1 heterocycles. The van der Waals surface area contributed by atoms with Crippen LogP contribution in [0.5, 0.6) is 0 Å². The first-order valence-electron chi connectivity index (χ1n) is 9.12. The lowest BCUT2D eigenvalue weighted by Crippen LogP contribution is -2.08. The number of rotatable bonds is 5. The normalized spacial score (nSPS) is 11.9. The summed E-state index contributed by atoms with van der Waals surface area (Å²) in [5.41, 5.74) is 2.48. The Labute approximate surface area is 168 Å². The maximum absolute atomic E-state index is 12.8. The van der Waals surface area contributed by atoms with Gasteiger partial charge in [0.1, 0.15) is 23.5 Å². The van der Waals surface area contributed by atoms with Gasteiger partial charge in [0.05, 0.1) is 17.6 Å². The van der Waals surface area contributed by atoms with Crippen molar-refractivity contribution in [3.05, 3.63) is 93.4 Å². The number of nitriles is 1. The fraction of sp³-hybridized carbons (Fsp3) is 0.125. The van der Waals surface area contributed by atoms with Crippen molar-refractivity contribution >= 4 is 28.6 Å². The Hall–Kier alpha value is -3.91. The van der Waals surface area contributed by atoms with Gasteiger partial charge >= 0.3 is 5.97 Å². The van der Waals surface area contributed by atoms with Crippen LogP contribution in [0.15, 0.2) is 75.7 Å². The first-order chi connectivity index (χ1) is 14.0. The number of hydrogen-bond donors (Lipinski definition) is 0. The van der Waals surface area contributed by atoms with E-state index in [9.17, 15) is 14.9 Å². The molecule has 144 valence electrons. The van der Waals surface area contributed by atoms with Gasteiger partial charge in [-0.1, -0.05) is 48.0 Å². The third-order valence-corrected chi connectivity index (χ3v) is 4.33. The molecule has 0 amide bonds. The molecule has 5 heteroatoms. The molecule has 0 N–H and O–H groups in total. The molecule has 0 saturated heterocycles. The predicted molar refractivity (Wildman–Crippen MR) is 112 cm³/mol. The molecule has 3 aromatic rings. The van der Waals surface area contributed by atoms with E-state index < -0.39 is 5.97 Å². The van der Waals surface area contributed by atoms with Crippen molar-refractivity contribution in [2.45, 2.75) is 13.8 Å². The second-order valence-corrected chi connectivity index (χ2v) is 6.34. The second-order valence-electron chi connectivity index (χ2n) is 6.34. The fourth-order valence-electron chi connectivity index (χ4n) is 2.91. The SMILES string of the molecule is CCOC(=O)/C(C#N)=C(/C=C/c1coc2ccc(C)cc2c1=O)c1ccccc1. The number of hydrogen-bond acceptors (Lipinski definition) is 5. The fourth-order valence-corrected chi connectivity index (χ4v) is 2.91. The van der Waals surface area contributed by atoms with Crippen molar-refractivity contribution in [1.29, 1.82) is 5.26 Å².